The van der Waals surface area contributed by atoms with Gasteiger partial charge in [-0.2, -0.15) is 13.2 Å². The van der Waals surface area contributed by atoms with Gasteiger partial charge in [0.15, 0.2) is 5.82 Å². The minimum Gasteiger partial charge on any atom is -0.475 e. The summed E-state index contributed by atoms with van der Waals surface area (Å²) in [5.74, 6) is -3.27. The Morgan fingerprint density at radius 3 is 2.55 bits per heavy atom. The van der Waals surface area contributed by atoms with Gasteiger partial charge in [-0.3, -0.25) is 9.78 Å². The lowest BCUT2D eigenvalue weighted by molar-refractivity contribution is -0.192. The van der Waals surface area contributed by atoms with E-state index in [2.05, 4.69) is 15.3 Å². The van der Waals surface area contributed by atoms with E-state index in [0.717, 1.165) is 22.7 Å². The highest BCUT2D eigenvalue weighted by atomic mass is 32.1. The highest BCUT2D eigenvalue weighted by Gasteiger charge is 2.38. The molecule has 1 aliphatic heterocycles. The number of alkyl halides is 3. The number of nitrogens with one attached hydrogen (secondary N) is 2. The van der Waals surface area contributed by atoms with Gasteiger partial charge in [-0.15, -0.1) is 11.3 Å². The molecular formula is C18H13F4N3O3S. The minimum atomic E-state index is -5.08. The molecule has 0 aliphatic carbocycles. The first-order valence-corrected chi connectivity index (χ1v) is 9.04. The summed E-state index contributed by atoms with van der Waals surface area (Å²) in [6.45, 7) is 0.602. The number of H-pyrrole nitrogens is 1. The fourth-order valence-corrected chi connectivity index (χ4v) is 3.34. The van der Waals surface area contributed by atoms with Crippen molar-refractivity contribution in [3.8, 4) is 21.8 Å². The fourth-order valence-electron chi connectivity index (χ4n) is 2.64. The number of fused-ring (bicyclic) bond motifs is 1. The molecule has 152 valence electrons. The average molecular weight is 427 g/mol. The molecule has 0 spiro atoms. The van der Waals surface area contributed by atoms with Crippen molar-refractivity contribution < 1.29 is 32.3 Å². The third kappa shape index (κ3) is 4.62. The number of aromatic amines is 1. The summed E-state index contributed by atoms with van der Waals surface area (Å²) in [7, 11) is 0. The summed E-state index contributed by atoms with van der Waals surface area (Å²) in [6, 6.07) is 7.31. The van der Waals surface area contributed by atoms with Gasteiger partial charge >= 0.3 is 12.1 Å². The number of carbonyl (C=O) groups excluding carboxylic acids is 1. The minimum absolute atomic E-state index is 0.114. The highest BCUT2D eigenvalue weighted by molar-refractivity contribution is 7.13. The Labute approximate surface area is 165 Å². The molecule has 3 aromatic rings. The molecule has 0 fully saturated rings. The third-order valence-electron chi connectivity index (χ3n) is 3.97. The predicted molar refractivity (Wildman–Crippen MR) is 97.0 cm³/mol. The Morgan fingerprint density at radius 2 is 1.97 bits per heavy atom. The van der Waals surface area contributed by atoms with Crippen LogP contribution in [0.1, 0.15) is 16.1 Å². The summed E-state index contributed by atoms with van der Waals surface area (Å²) in [6.07, 6.45) is -3.13. The van der Waals surface area contributed by atoms with E-state index in [-0.39, 0.29) is 5.91 Å². The van der Waals surface area contributed by atoms with E-state index in [4.69, 9.17) is 9.90 Å². The van der Waals surface area contributed by atoms with Crippen LogP contribution in [0.5, 0.6) is 0 Å². The second-order valence-electron chi connectivity index (χ2n) is 5.91. The van der Waals surface area contributed by atoms with Crippen molar-refractivity contribution in [1.82, 2.24) is 15.3 Å². The molecule has 0 saturated carbocycles. The monoisotopic (exact) mass is 427 g/mol. The van der Waals surface area contributed by atoms with Gasteiger partial charge in [0.05, 0.1) is 22.3 Å². The molecule has 0 aromatic carbocycles. The number of nitrogens with zero attached hydrogens (tertiary/aromatic N) is 1. The van der Waals surface area contributed by atoms with Crippen molar-refractivity contribution in [3.63, 3.8) is 0 Å². The molecule has 0 atom stereocenters. The molecule has 0 saturated heterocycles. The molecule has 0 radical (unpaired) electrons. The number of thiophene rings is 1. The van der Waals surface area contributed by atoms with Gasteiger partial charge in [0.1, 0.15) is 0 Å². The van der Waals surface area contributed by atoms with Crippen molar-refractivity contribution in [1.29, 1.82) is 0 Å². The standard InChI is InChI=1S/C16H12FN3OS.C2HF3O2/c17-11-8-19-14(15-2-1-5-22-15)6-9(11)13-7-10-12(20-13)3-4-18-16(10)21;3-2(4,5)1(6)7/h1-2,5-8,20H,3-4H2,(H,18,21);(H,6,7). The number of hydrogen-bond donors (Lipinski definition) is 3. The lowest BCUT2D eigenvalue weighted by Crippen LogP contribution is -2.31. The number of pyridine rings is 1. The van der Waals surface area contributed by atoms with Crippen molar-refractivity contribution in [2.75, 3.05) is 6.54 Å². The van der Waals surface area contributed by atoms with Crippen molar-refractivity contribution in [3.05, 3.63) is 52.9 Å². The van der Waals surface area contributed by atoms with Gasteiger partial charge < -0.3 is 15.4 Å². The van der Waals surface area contributed by atoms with Gasteiger partial charge in [-0.05, 0) is 23.6 Å². The molecule has 6 nitrogen and oxygen atoms in total. The van der Waals surface area contributed by atoms with Crippen LogP contribution in [0.15, 0.2) is 35.8 Å². The maximum atomic E-state index is 14.2. The summed E-state index contributed by atoms with van der Waals surface area (Å²) in [5.41, 5.74) is 3.21. The normalized spacial score (nSPS) is 13.2. The molecule has 1 amide bonds. The van der Waals surface area contributed by atoms with Gasteiger partial charge in [0, 0.05) is 29.9 Å². The number of carbonyl (C=O) groups is 2. The highest BCUT2D eigenvalue weighted by Crippen LogP contribution is 2.30. The zero-order chi connectivity index (χ0) is 21.2. The van der Waals surface area contributed by atoms with Crippen LogP contribution in [-0.4, -0.2) is 39.7 Å². The van der Waals surface area contributed by atoms with Crippen LogP contribution >= 0.6 is 11.3 Å². The molecule has 3 N–H and O–H groups in total. The first-order valence-electron chi connectivity index (χ1n) is 8.17. The van der Waals surface area contributed by atoms with Crippen LogP contribution in [0.3, 0.4) is 0 Å². The van der Waals surface area contributed by atoms with E-state index in [1.54, 1.807) is 23.5 Å². The largest absolute Gasteiger partial charge is 0.490 e. The number of halogens is 4. The lowest BCUT2D eigenvalue weighted by atomic mass is 10.1. The SMILES string of the molecule is O=C(O)C(F)(F)F.O=C1NCCc2[nH]c(-c3cc(-c4cccs4)ncc3F)cc21. The van der Waals surface area contributed by atoms with E-state index in [9.17, 15) is 22.4 Å². The maximum absolute atomic E-state index is 14.2. The number of aliphatic carboxylic acids is 1. The van der Waals surface area contributed by atoms with Crippen LogP contribution in [0.4, 0.5) is 17.6 Å². The maximum Gasteiger partial charge on any atom is 0.490 e. The van der Waals surface area contributed by atoms with E-state index < -0.39 is 18.0 Å². The van der Waals surface area contributed by atoms with Crippen molar-refractivity contribution in [2.24, 2.45) is 0 Å². The van der Waals surface area contributed by atoms with Gasteiger partial charge in [-0.1, -0.05) is 6.07 Å². The molecule has 1 aliphatic rings. The number of hydrogen-bond acceptors (Lipinski definition) is 4. The van der Waals surface area contributed by atoms with Gasteiger partial charge in [0.2, 0.25) is 0 Å². The predicted octanol–water partition coefficient (Wildman–Crippen LogP) is 3.86. The van der Waals surface area contributed by atoms with E-state index >= 15 is 0 Å². The Hall–Kier alpha value is -3.21. The molecule has 11 heteroatoms. The van der Waals surface area contributed by atoms with Crippen molar-refractivity contribution in [2.45, 2.75) is 12.6 Å². The molecule has 3 aromatic heterocycles. The Kier molecular flexibility index (Phi) is 5.69. The van der Waals surface area contributed by atoms with Crippen LogP contribution in [-0.2, 0) is 11.2 Å². The van der Waals surface area contributed by atoms with Gasteiger partial charge in [0.25, 0.3) is 5.91 Å². The van der Waals surface area contributed by atoms with Crippen LogP contribution in [0, 0.1) is 5.82 Å². The van der Waals surface area contributed by atoms with Crippen molar-refractivity contribution >= 4 is 23.2 Å². The zero-order valence-electron chi connectivity index (χ0n) is 14.5. The first kappa shape index (κ1) is 20.5. The third-order valence-corrected chi connectivity index (χ3v) is 4.86. The zero-order valence-corrected chi connectivity index (χ0v) is 15.3. The van der Waals surface area contributed by atoms with Crippen LogP contribution in [0.25, 0.3) is 21.8 Å². The van der Waals surface area contributed by atoms with Crippen LogP contribution in [0.2, 0.25) is 0 Å². The number of rotatable bonds is 2. The Morgan fingerprint density at radius 1 is 1.24 bits per heavy atom. The number of carboxylic acid groups (broad SMARTS) is 1. The van der Waals surface area contributed by atoms with E-state index in [1.165, 1.54) is 6.20 Å². The fraction of sp³-hybridized carbons (Fsp3) is 0.167. The smallest absolute Gasteiger partial charge is 0.475 e. The number of amides is 1. The van der Waals surface area contributed by atoms with E-state index in [0.29, 0.717) is 23.4 Å². The molecule has 4 rings (SSSR count). The molecular weight excluding hydrogens is 414 g/mol. The lowest BCUT2D eigenvalue weighted by Gasteiger charge is -2.11. The summed E-state index contributed by atoms with van der Waals surface area (Å²) >= 11 is 1.55. The topological polar surface area (TPSA) is 95.1 Å². The molecule has 0 unspecified atom stereocenters. The molecule has 4 heterocycles. The molecule has 29 heavy (non-hydrogen) atoms. The average Bonchev–Trinajstić information content (AvgIpc) is 3.32. The Balaban J connectivity index is 0.000000298. The second-order valence-corrected chi connectivity index (χ2v) is 6.86. The van der Waals surface area contributed by atoms with Gasteiger partial charge in [-0.25, -0.2) is 9.18 Å². The van der Waals surface area contributed by atoms with E-state index in [1.807, 2.05) is 17.5 Å². The summed E-state index contributed by atoms with van der Waals surface area (Å²) in [5, 5.41) is 11.9. The summed E-state index contributed by atoms with van der Waals surface area (Å²) < 4.78 is 45.9. The molecule has 0 bridgehead atoms. The second kappa shape index (κ2) is 8.03. The van der Waals surface area contributed by atoms with Crippen LogP contribution < -0.4 is 5.32 Å². The quantitative estimate of drug-likeness (QED) is 0.541. The number of aromatic nitrogens is 2. The first-order chi connectivity index (χ1) is 13.7. The Bertz CT molecular complexity index is 1050. The summed E-state index contributed by atoms with van der Waals surface area (Å²) in [4.78, 5) is 29.0. The number of carboxylic acids is 1.